The van der Waals surface area contributed by atoms with Crippen molar-refractivity contribution in [3.63, 3.8) is 0 Å². The summed E-state index contributed by atoms with van der Waals surface area (Å²) in [4.78, 5) is 11.5. The largest absolute Gasteiger partial charge is 0.355 e. The van der Waals surface area contributed by atoms with E-state index in [1.807, 2.05) is 6.92 Å². The minimum absolute atomic E-state index is 0.00421. The highest BCUT2D eigenvalue weighted by molar-refractivity contribution is 5.81. The van der Waals surface area contributed by atoms with Crippen molar-refractivity contribution < 1.29 is 4.79 Å². The van der Waals surface area contributed by atoms with Gasteiger partial charge in [0.1, 0.15) is 0 Å². The van der Waals surface area contributed by atoms with Crippen LogP contribution in [0.1, 0.15) is 46.5 Å². The molecule has 0 fully saturated rings. The molecule has 0 spiro atoms. The van der Waals surface area contributed by atoms with E-state index in [-0.39, 0.29) is 17.9 Å². The van der Waals surface area contributed by atoms with Crippen molar-refractivity contribution >= 4 is 5.91 Å². The quantitative estimate of drug-likeness (QED) is 0.614. The number of carbonyl (C=O) groups excluding carboxylic acids is 1. The average molecular weight is 200 g/mol. The van der Waals surface area contributed by atoms with E-state index in [0.29, 0.717) is 0 Å². The van der Waals surface area contributed by atoms with Crippen LogP contribution < -0.4 is 11.1 Å². The second-order valence-electron chi connectivity index (χ2n) is 3.91. The van der Waals surface area contributed by atoms with Crippen LogP contribution in [0.5, 0.6) is 0 Å². The van der Waals surface area contributed by atoms with E-state index in [1.54, 1.807) is 0 Å². The van der Waals surface area contributed by atoms with Crippen molar-refractivity contribution in [1.82, 2.24) is 5.32 Å². The number of hydrogen-bond acceptors (Lipinski definition) is 2. The van der Waals surface area contributed by atoms with Gasteiger partial charge in [-0.05, 0) is 12.3 Å². The zero-order chi connectivity index (χ0) is 11.0. The maximum Gasteiger partial charge on any atom is 0.237 e. The second-order valence-corrected chi connectivity index (χ2v) is 3.91. The van der Waals surface area contributed by atoms with Crippen LogP contribution in [-0.2, 0) is 4.79 Å². The molecule has 0 rings (SSSR count). The molecule has 0 radical (unpaired) electrons. The second kappa shape index (κ2) is 7.80. The van der Waals surface area contributed by atoms with Gasteiger partial charge in [0, 0.05) is 6.54 Å². The molecule has 0 aliphatic heterocycles. The Labute approximate surface area is 87.4 Å². The lowest BCUT2D eigenvalue weighted by atomic mass is 9.99. The third kappa shape index (κ3) is 5.22. The van der Waals surface area contributed by atoms with Gasteiger partial charge >= 0.3 is 0 Å². The van der Waals surface area contributed by atoms with E-state index in [4.69, 9.17) is 5.73 Å². The highest BCUT2D eigenvalue weighted by Crippen LogP contribution is 2.04. The third-order valence-electron chi connectivity index (χ3n) is 2.64. The number of nitrogens with two attached hydrogens (primary N) is 1. The molecule has 1 amide bonds. The minimum atomic E-state index is -0.346. The molecular weight excluding hydrogens is 176 g/mol. The van der Waals surface area contributed by atoms with Crippen LogP contribution in [0.4, 0.5) is 0 Å². The van der Waals surface area contributed by atoms with E-state index in [0.717, 1.165) is 19.4 Å². The van der Waals surface area contributed by atoms with Crippen molar-refractivity contribution in [1.29, 1.82) is 0 Å². The van der Waals surface area contributed by atoms with Gasteiger partial charge in [-0.3, -0.25) is 4.79 Å². The molecule has 0 aromatic carbocycles. The molecule has 0 bridgehead atoms. The molecule has 3 heteroatoms. The molecule has 0 saturated heterocycles. The summed E-state index contributed by atoms with van der Waals surface area (Å²) in [5.41, 5.74) is 5.77. The Morgan fingerprint density at radius 3 is 2.50 bits per heavy atom. The molecule has 0 saturated carbocycles. The number of unbranched alkanes of at least 4 members (excludes halogenated alkanes) is 2. The zero-order valence-electron chi connectivity index (χ0n) is 9.68. The lowest BCUT2D eigenvalue weighted by Crippen LogP contribution is -2.44. The number of hydrogen-bond donors (Lipinski definition) is 2. The summed E-state index contributed by atoms with van der Waals surface area (Å²) < 4.78 is 0. The number of nitrogens with one attached hydrogen (secondary N) is 1. The fraction of sp³-hybridized carbons (Fsp3) is 0.909. The van der Waals surface area contributed by atoms with Crippen molar-refractivity contribution in [3.05, 3.63) is 0 Å². The van der Waals surface area contributed by atoms with E-state index in [9.17, 15) is 4.79 Å². The van der Waals surface area contributed by atoms with E-state index in [1.165, 1.54) is 12.8 Å². The Morgan fingerprint density at radius 1 is 1.36 bits per heavy atom. The van der Waals surface area contributed by atoms with Crippen molar-refractivity contribution in [2.75, 3.05) is 6.54 Å². The molecule has 0 aromatic heterocycles. The summed E-state index contributed by atoms with van der Waals surface area (Å²) in [6.45, 7) is 6.97. The summed E-state index contributed by atoms with van der Waals surface area (Å²) in [6.07, 6.45) is 4.34. The summed E-state index contributed by atoms with van der Waals surface area (Å²) in [5, 5.41) is 2.87. The van der Waals surface area contributed by atoms with Crippen molar-refractivity contribution in [2.45, 2.75) is 52.5 Å². The molecule has 84 valence electrons. The van der Waals surface area contributed by atoms with Crippen LogP contribution in [0, 0.1) is 5.92 Å². The highest BCUT2D eigenvalue weighted by atomic mass is 16.2. The van der Waals surface area contributed by atoms with E-state index < -0.39 is 0 Å². The van der Waals surface area contributed by atoms with Gasteiger partial charge in [0.2, 0.25) is 5.91 Å². The first kappa shape index (κ1) is 13.4. The first-order chi connectivity index (χ1) is 6.63. The van der Waals surface area contributed by atoms with Gasteiger partial charge in [0.25, 0.3) is 0 Å². The summed E-state index contributed by atoms with van der Waals surface area (Å²) >= 11 is 0. The Hall–Kier alpha value is -0.570. The van der Waals surface area contributed by atoms with Gasteiger partial charge in [0.05, 0.1) is 6.04 Å². The van der Waals surface area contributed by atoms with E-state index >= 15 is 0 Å². The van der Waals surface area contributed by atoms with Crippen LogP contribution >= 0.6 is 0 Å². The van der Waals surface area contributed by atoms with Crippen LogP contribution in [0.15, 0.2) is 0 Å². The molecule has 3 nitrogen and oxygen atoms in total. The average Bonchev–Trinajstić information content (AvgIpc) is 2.21. The smallest absolute Gasteiger partial charge is 0.237 e. The van der Waals surface area contributed by atoms with Crippen LogP contribution in [0.3, 0.4) is 0 Å². The Morgan fingerprint density at radius 2 is 2.00 bits per heavy atom. The predicted molar refractivity (Wildman–Crippen MR) is 60.0 cm³/mol. The zero-order valence-corrected chi connectivity index (χ0v) is 9.68. The SMILES string of the molecule is CCCCCNC(=O)[C@@H](N)[C@@H](C)CC. The normalized spacial score (nSPS) is 14.9. The van der Waals surface area contributed by atoms with Gasteiger partial charge in [0.15, 0.2) is 0 Å². The molecule has 2 atom stereocenters. The maximum atomic E-state index is 11.5. The maximum absolute atomic E-state index is 11.5. The molecule has 3 N–H and O–H groups in total. The number of rotatable bonds is 7. The fourth-order valence-electron chi connectivity index (χ4n) is 1.22. The predicted octanol–water partition coefficient (Wildman–Crippen LogP) is 1.67. The molecule has 0 aliphatic carbocycles. The monoisotopic (exact) mass is 200 g/mol. The molecule has 0 aliphatic rings. The fourth-order valence-corrected chi connectivity index (χ4v) is 1.22. The first-order valence-corrected chi connectivity index (χ1v) is 5.66. The van der Waals surface area contributed by atoms with Crippen molar-refractivity contribution in [2.24, 2.45) is 11.7 Å². The van der Waals surface area contributed by atoms with Crippen LogP contribution in [-0.4, -0.2) is 18.5 Å². The van der Waals surface area contributed by atoms with Crippen LogP contribution in [0.2, 0.25) is 0 Å². The third-order valence-corrected chi connectivity index (χ3v) is 2.64. The summed E-state index contributed by atoms with van der Waals surface area (Å²) in [6, 6.07) is -0.346. The molecule has 0 aromatic rings. The molecule has 0 unspecified atom stereocenters. The first-order valence-electron chi connectivity index (χ1n) is 5.66. The standard InChI is InChI=1S/C11H24N2O/c1-4-6-7-8-13-11(14)10(12)9(3)5-2/h9-10H,4-8,12H2,1-3H3,(H,13,14)/t9-,10-/m0/s1. The van der Waals surface area contributed by atoms with Gasteiger partial charge in [-0.15, -0.1) is 0 Å². The van der Waals surface area contributed by atoms with Gasteiger partial charge in [-0.1, -0.05) is 40.0 Å². The topological polar surface area (TPSA) is 55.1 Å². The summed E-state index contributed by atoms with van der Waals surface area (Å²) in [7, 11) is 0. The Kier molecular flexibility index (Phi) is 7.48. The van der Waals surface area contributed by atoms with Gasteiger partial charge in [-0.25, -0.2) is 0 Å². The Bertz CT molecular complexity index is 159. The minimum Gasteiger partial charge on any atom is -0.355 e. The van der Waals surface area contributed by atoms with Crippen molar-refractivity contribution in [3.8, 4) is 0 Å². The highest BCUT2D eigenvalue weighted by Gasteiger charge is 2.18. The van der Waals surface area contributed by atoms with E-state index in [2.05, 4.69) is 19.2 Å². The molecular formula is C11H24N2O. The Balaban J connectivity index is 3.62. The lowest BCUT2D eigenvalue weighted by Gasteiger charge is -2.17. The molecule has 0 heterocycles. The lowest BCUT2D eigenvalue weighted by molar-refractivity contribution is -0.123. The molecule has 14 heavy (non-hydrogen) atoms. The number of amides is 1. The van der Waals surface area contributed by atoms with Gasteiger partial charge < -0.3 is 11.1 Å². The van der Waals surface area contributed by atoms with Gasteiger partial charge in [-0.2, -0.15) is 0 Å². The van der Waals surface area contributed by atoms with Crippen LogP contribution in [0.25, 0.3) is 0 Å². The number of carbonyl (C=O) groups is 1. The summed E-state index contributed by atoms with van der Waals surface area (Å²) in [5.74, 6) is 0.261.